The van der Waals surface area contributed by atoms with Crippen LogP contribution in [0.15, 0.2) is 87.2 Å². The number of nitrogens with zero attached hydrogens (tertiary/aromatic N) is 1. The number of rotatable bonds is 10. The molecule has 31 heavy (non-hydrogen) atoms. The minimum Gasteiger partial charge on any atom is -0.494 e. The number of anilines is 1. The molecule has 0 heterocycles. The van der Waals surface area contributed by atoms with Gasteiger partial charge >= 0.3 is 6.03 Å². The second kappa shape index (κ2) is 11.7. The predicted octanol–water partition coefficient (Wildman–Crippen LogP) is 4.59. The van der Waals surface area contributed by atoms with E-state index in [2.05, 4.69) is 22.3 Å². The highest BCUT2D eigenvalue weighted by Crippen LogP contribution is 2.25. The number of hydrogen-bond acceptors (Lipinski definition) is 5. The molecule has 7 nitrogen and oxygen atoms in total. The number of carbonyl (C=O) groups excluding carboxylic acids is 1. The molecule has 0 aromatic heterocycles. The average Bonchev–Trinajstić information content (AvgIpc) is 2.77. The van der Waals surface area contributed by atoms with E-state index in [4.69, 9.17) is 4.74 Å². The van der Waals surface area contributed by atoms with Crippen LogP contribution in [0.2, 0.25) is 0 Å². The number of aliphatic imine (C=N–C) groups is 1. The number of nitrogens with one attached hydrogen (secondary N) is 2. The smallest absolute Gasteiger partial charge is 0.319 e. The molecule has 0 atom stereocenters. The Bertz CT molecular complexity index is 1060. The van der Waals surface area contributed by atoms with E-state index in [0.29, 0.717) is 24.6 Å². The second-order valence-electron chi connectivity index (χ2n) is 6.70. The zero-order valence-electron chi connectivity index (χ0n) is 17.7. The Morgan fingerprint density at radius 3 is 2.58 bits per heavy atom. The van der Waals surface area contributed by atoms with Gasteiger partial charge in [0.1, 0.15) is 5.75 Å². The fourth-order valence-corrected chi connectivity index (χ4v) is 3.82. The molecular formula is C23H27N3O4S. The molecule has 0 aliphatic heterocycles. The molecule has 164 valence electrons. The maximum atomic E-state index is 12.9. The first-order valence-corrected chi connectivity index (χ1v) is 11.3. The zero-order valence-corrected chi connectivity index (χ0v) is 18.5. The molecule has 2 N–H and O–H groups in total. The van der Waals surface area contributed by atoms with E-state index in [0.717, 1.165) is 12.0 Å². The standard InChI is InChI=1S/C23H27N3O4S/c1-4-15-30-20-8-5-9-22(16-20)31(28,29)21-12-10-19(11-13-21)26-23(27)25-17-18(2)7-6-14-24-3/h5-14,16H,3-4,15,17H2,1-2H3,(H2,25,26,27)/b14-6-,18-7+. The molecule has 0 unspecified atom stereocenters. The summed E-state index contributed by atoms with van der Waals surface area (Å²) in [6.07, 6.45) is 5.93. The van der Waals surface area contributed by atoms with E-state index in [1.807, 2.05) is 19.9 Å². The summed E-state index contributed by atoms with van der Waals surface area (Å²) in [4.78, 5) is 15.9. The fraction of sp³-hybridized carbons (Fsp3) is 0.217. The number of carbonyl (C=O) groups is 1. The molecule has 0 spiro atoms. The van der Waals surface area contributed by atoms with Gasteiger partial charge in [-0.05, 0) is 68.6 Å². The Hall–Kier alpha value is -3.39. The first-order chi connectivity index (χ1) is 14.9. The normalized spacial score (nSPS) is 11.9. The maximum absolute atomic E-state index is 12.9. The van der Waals surface area contributed by atoms with Crippen LogP contribution in [-0.2, 0) is 9.84 Å². The van der Waals surface area contributed by atoms with Crippen molar-refractivity contribution in [3.05, 3.63) is 72.5 Å². The Balaban J connectivity index is 2.02. The van der Waals surface area contributed by atoms with Crippen molar-refractivity contribution < 1.29 is 17.9 Å². The van der Waals surface area contributed by atoms with Crippen LogP contribution < -0.4 is 15.4 Å². The van der Waals surface area contributed by atoms with Crippen molar-refractivity contribution in [3.63, 3.8) is 0 Å². The van der Waals surface area contributed by atoms with Gasteiger partial charge in [0.05, 0.1) is 16.4 Å². The predicted molar refractivity (Wildman–Crippen MR) is 124 cm³/mol. The second-order valence-corrected chi connectivity index (χ2v) is 8.65. The van der Waals surface area contributed by atoms with Crippen molar-refractivity contribution in [2.75, 3.05) is 18.5 Å². The van der Waals surface area contributed by atoms with Crippen molar-refractivity contribution in [1.82, 2.24) is 5.32 Å². The van der Waals surface area contributed by atoms with Crippen LogP contribution in [0, 0.1) is 0 Å². The molecule has 0 saturated heterocycles. The Kier molecular flexibility index (Phi) is 9.02. The number of hydrogen-bond donors (Lipinski definition) is 2. The topological polar surface area (TPSA) is 96.9 Å². The highest BCUT2D eigenvalue weighted by molar-refractivity contribution is 7.91. The van der Waals surface area contributed by atoms with Crippen molar-refractivity contribution >= 4 is 28.3 Å². The number of allylic oxidation sites excluding steroid dienone is 2. The maximum Gasteiger partial charge on any atom is 0.319 e. The lowest BCUT2D eigenvalue weighted by molar-refractivity contribution is 0.253. The van der Waals surface area contributed by atoms with Crippen molar-refractivity contribution in [2.24, 2.45) is 4.99 Å². The van der Waals surface area contributed by atoms with Gasteiger partial charge in [0.15, 0.2) is 0 Å². The number of benzene rings is 2. The molecule has 2 aromatic carbocycles. The van der Waals surface area contributed by atoms with Gasteiger partial charge in [0.25, 0.3) is 0 Å². The van der Waals surface area contributed by atoms with Gasteiger partial charge in [-0.15, -0.1) is 0 Å². The van der Waals surface area contributed by atoms with Crippen LogP contribution in [-0.4, -0.2) is 34.3 Å². The SMILES string of the molecule is C=N/C=C\C=C(/C)CNC(=O)Nc1ccc(S(=O)(=O)c2cccc(OCCC)c2)cc1. The number of urea groups is 1. The van der Waals surface area contributed by atoms with Crippen LogP contribution in [0.1, 0.15) is 20.3 Å². The number of sulfone groups is 1. The number of ether oxygens (including phenoxy) is 1. The zero-order chi connectivity index (χ0) is 22.7. The van der Waals surface area contributed by atoms with E-state index in [9.17, 15) is 13.2 Å². The van der Waals surface area contributed by atoms with E-state index in [-0.39, 0.29) is 9.79 Å². The van der Waals surface area contributed by atoms with Crippen molar-refractivity contribution in [1.29, 1.82) is 0 Å². The minimum atomic E-state index is -3.70. The van der Waals surface area contributed by atoms with Gasteiger partial charge in [-0.1, -0.05) is 24.6 Å². The third kappa shape index (κ3) is 7.42. The monoisotopic (exact) mass is 441 g/mol. The third-order valence-electron chi connectivity index (χ3n) is 4.11. The Labute approximate surface area is 183 Å². The lowest BCUT2D eigenvalue weighted by Gasteiger charge is -2.10. The van der Waals surface area contributed by atoms with Gasteiger partial charge in [-0.25, -0.2) is 13.2 Å². The summed E-state index contributed by atoms with van der Waals surface area (Å²) in [5, 5.41) is 5.40. The quantitative estimate of drug-likeness (QED) is 0.416. The van der Waals surface area contributed by atoms with Crippen LogP contribution in [0.5, 0.6) is 5.75 Å². The van der Waals surface area contributed by atoms with Crippen molar-refractivity contribution in [2.45, 2.75) is 30.1 Å². The fourth-order valence-electron chi connectivity index (χ4n) is 2.53. The van der Waals surface area contributed by atoms with Gasteiger partial charge in [-0.3, -0.25) is 4.99 Å². The van der Waals surface area contributed by atoms with Crippen LogP contribution in [0.25, 0.3) is 0 Å². The Morgan fingerprint density at radius 2 is 1.90 bits per heavy atom. The molecule has 0 fully saturated rings. The Morgan fingerprint density at radius 1 is 1.16 bits per heavy atom. The molecule has 2 rings (SSSR count). The largest absolute Gasteiger partial charge is 0.494 e. The molecule has 8 heteroatoms. The lowest BCUT2D eigenvalue weighted by atomic mass is 10.3. The lowest BCUT2D eigenvalue weighted by Crippen LogP contribution is -2.29. The van der Waals surface area contributed by atoms with Gasteiger partial charge in [0, 0.05) is 18.4 Å². The van der Waals surface area contributed by atoms with Gasteiger partial charge in [-0.2, -0.15) is 0 Å². The molecular weight excluding hydrogens is 414 g/mol. The summed E-state index contributed by atoms with van der Waals surface area (Å²) in [5.74, 6) is 0.512. The summed E-state index contributed by atoms with van der Waals surface area (Å²) in [5.41, 5.74) is 1.41. The van der Waals surface area contributed by atoms with E-state index < -0.39 is 15.9 Å². The van der Waals surface area contributed by atoms with Crippen LogP contribution >= 0.6 is 0 Å². The summed E-state index contributed by atoms with van der Waals surface area (Å²) >= 11 is 0. The van der Waals surface area contributed by atoms with Crippen LogP contribution in [0.4, 0.5) is 10.5 Å². The average molecular weight is 442 g/mol. The van der Waals surface area contributed by atoms with E-state index in [1.165, 1.54) is 24.3 Å². The van der Waals surface area contributed by atoms with E-state index >= 15 is 0 Å². The molecule has 0 bridgehead atoms. The van der Waals surface area contributed by atoms with Gasteiger partial charge in [0.2, 0.25) is 9.84 Å². The van der Waals surface area contributed by atoms with Crippen molar-refractivity contribution in [3.8, 4) is 5.75 Å². The first kappa shape index (κ1) is 23.9. The summed E-state index contributed by atoms with van der Waals surface area (Å²) < 4.78 is 31.3. The third-order valence-corrected chi connectivity index (χ3v) is 5.88. The minimum absolute atomic E-state index is 0.132. The molecule has 2 aromatic rings. The summed E-state index contributed by atoms with van der Waals surface area (Å²) in [6, 6.07) is 12.0. The van der Waals surface area contributed by atoms with Gasteiger partial charge < -0.3 is 15.4 Å². The summed E-state index contributed by atoms with van der Waals surface area (Å²) in [7, 11) is -3.70. The van der Waals surface area contributed by atoms with E-state index in [1.54, 1.807) is 36.5 Å². The molecule has 0 aliphatic rings. The molecule has 0 radical (unpaired) electrons. The molecule has 0 saturated carbocycles. The molecule has 0 aliphatic carbocycles. The molecule has 2 amide bonds. The highest BCUT2D eigenvalue weighted by atomic mass is 32.2. The number of amides is 2. The first-order valence-electron chi connectivity index (χ1n) is 9.78. The summed E-state index contributed by atoms with van der Waals surface area (Å²) in [6.45, 7) is 8.07. The highest BCUT2D eigenvalue weighted by Gasteiger charge is 2.18. The van der Waals surface area contributed by atoms with Crippen LogP contribution in [0.3, 0.4) is 0 Å².